The van der Waals surface area contributed by atoms with Gasteiger partial charge in [-0.3, -0.25) is 0 Å². The molecule has 4 heteroatoms. The predicted octanol–water partition coefficient (Wildman–Crippen LogP) is 8.67. The lowest BCUT2D eigenvalue weighted by Crippen LogP contribution is -2.58. The first-order chi connectivity index (χ1) is 16.2. The number of rotatable bonds is 4. The number of carbonyl (C=O) groups is 2. The molecule has 0 N–H and O–H groups in total. The van der Waals surface area contributed by atoms with Crippen molar-refractivity contribution in [3.05, 3.63) is 12.2 Å². The SMILES string of the molecule is CC(C)(C)C1CCCCC1(OC(=O)/C=C/C(=O)OC1(C(C)(C)C)CCCCC1C(C)(C)C)C(C)(C)C. The summed E-state index contributed by atoms with van der Waals surface area (Å²) in [4.78, 5) is 26.4. The molecule has 0 spiro atoms. The van der Waals surface area contributed by atoms with Gasteiger partial charge >= 0.3 is 11.9 Å². The molecule has 0 saturated heterocycles. The van der Waals surface area contributed by atoms with Gasteiger partial charge in [0.2, 0.25) is 0 Å². The van der Waals surface area contributed by atoms with E-state index in [-0.39, 0.29) is 33.5 Å². The van der Waals surface area contributed by atoms with Crippen LogP contribution in [0.2, 0.25) is 0 Å². The van der Waals surface area contributed by atoms with Gasteiger partial charge in [-0.25, -0.2) is 9.59 Å². The van der Waals surface area contributed by atoms with Gasteiger partial charge in [0.1, 0.15) is 11.2 Å². The molecule has 4 nitrogen and oxygen atoms in total. The van der Waals surface area contributed by atoms with Crippen LogP contribution in [0.25, 0.3) is 0 Å². The minimum absolute atomic E-state index is 0.0126. The topological polar surface area (TPSA) is 52.6 Å². The fraction of sp³-hybridized carbons (Fsp3) is 0.875. The van der Waals surface area contributed by atoms with E-state index in [1.165, 1.54) is 12.2 Å². The molecule has 2 rings (SSSR count). The second kappa shape index (κ2) is 10.4. The fourth-order valence-corrected chi connectivity index (χ4v) is 7.46. The Bertz CT molecular complexity index is 743. The lowest BCUT2D eigenvalue weighted by molar-refractivity contribution is -0.202. The Morgan fingerprint density at radius 3 is 1.14 bits per heavy atom. The monoisotopic (exact) mass is 504 g/mol. The highest BCUT2D eigenvalue weighted by molar-refractivity contribution is 5.92. The van der Waals surface area contributed by atoms with Crippen molar-refractivity contribution in [2.24, 2.45) is 33.5 Å². The van der Waals surface area contributed by atoms with Crippen molar-refractivity contribution in [3.8, 4) is 0 Å². The molecule has 0 aromatic heterocycles. The van der Waals surface area contributed by atoms with Crippen molar-refractivity contribution in [1.29, 1.82) is 0 Å². The summed E-state index contributed by atoms with van der Waals surface area (Å²) in [5.41, 5.74) is -1.54. The van der Waals surface area contributed by atoms with E-state index in [1.807, 2.05) is 0 Å². The van der Waals surface area contributed by atoms with Crippen LogP contribution in [-0.4, -0.2) is 23.1 Å². The maximum absolute atomic E-state index is 13.2. The zero-order valence-corrected chi connectivity index (χ0v) is 25.6. The number of carbonyl (C=O) groups excluding carboxylic acids is 2. The summed E-state index contributed by atoms with van der Waals surface area (Å²) in [5.74, 6) is -0.387. The Labute approximate surface area is 222 Å². The molecule has 2 fully saturated rings. The number of hydrogen-bond donors (Lipinski definition) is 0. The average molecular weight is 505 g/mol. The molecule has 0 aromatic rings. The normalized spacial score (nSPS) is 30.8. The number of esters is 2. The van der Waals surface area contributed by atoms with Gasteiger partial charge in [0.15, 0.2) is 0 Å². The molecule has 0 heterocycles. The van der Waals surface area contributed by atoms with Gasteiger partial charge in [-0.2, -0.15) is 0 Å². The molecule has 4 atom stereocenters. The summed E-state index contributed by atoms with van der Waals surface area (Å²) in [6, 6.07) is 0. The van der Waals surface area contributed by atoms with Crippen LogP contribution >= 0.6 is 0 Å². The minimum atomic E-state index is -0.567. The maximum atomic E-state index is 13.2. The van der Waals surface area contributed by atoms with Crippen molar-refractivity contribution in [2.45, 2.75) is 146 Å². The lowest BCUT2D eigenvalue weighted by Gasteiger charge is -2.55. The zero-order valence-electron chi connectivity index (χ0n) is 25.6. The molecule has 0 bridgehead atoms. The summed E-state index contributed by atoms with van der Waals surface area (Å²) in [5, 5.41) is 0. The molecule has 2 saturated carbocycles. The van der Waals surface area contributed by atoms with Gasteiger partial charge < -0.3 is 9.47 Å². The standard InChI is InChI=1S/C32H56O4/c1-27(2,3)23-17-13-15-21-31(23,29(7,8)9)35-25(33)19-20-26(34)36-32(30(10,11)12)22-16-14-18-24(32)28(4,5)6/h19-20,23-24H,13-18,21-22H2,1-12H3/b20-19+. The molecule has 4 unspecified atom stereocenters. The van der Waals surface area contributed by atoms with Crippen molar-refractivity contribution < 1.29 is 19.1 Å². The molecular formula is C32H56O4. The van der Waals surface area contributed by atoms with Crippen LogP contribution in [0.5, 0.6) is 0 Å². The van der Waals surface area contributed by atoms with E-state index < -0.39 is 23.1 Å². The van der Waals surface area contributed by atoms with Gasteiger partial charge in [-0.05, 0) is 49.4 Å². The Morgan fingerprint density at radius 1 is 0.583 bits per heavy atom. The van der Waals surface area contributed by atoms with Gasteiger partial charge in [-0.1, -0.05) is 95.9 Å². The maximum Gasteiger partial charge on any atom is 0.331 e. The quantitative estimate of drug-likeness (QED) is 0.284. The third-order valence-electron chi connectivity index (χ3n) is 9.26. The minimum Gasteiger partial charge on any atom is -0.455 e. The van der Waals surface area contributed by atoms with Gasteiger partial charge in [0.05, 0.1) is 0 Å². The molecule has 36 heavy (non-hydrogen) atoms. The fourth-order valence-electron chi connectivity index (χ4n) is 7.46. The van der Waals surface area contributed by atoms with Crippen LogP contribution in [0.4, 0.5) is 0 Å². The molecular weight excluding hydrogens is 448 g/mol. The molecule has 2 aliphatic rings. The van der Waals surface area contributed by atoms with Crippen LogP contribution in [0.3, 0.4) is 0 Å². The highest BCUT2D eigenvalue weighted by atomic mass is 16.6. The van der Waals surface area contributed by atoms with Crippen molar-refractivity contribution in [3.63, 3.8) is 0 Å². The second-order valence-electron chi connectivity index (χ2n) is 15.8. The molecule has 208 valence electrons. The molecule has 0 aliphatic heterocycles. The van der Waals surface area contributed by atoms with Crippen molar-refractivity contribution in [2.75, 3.05) is 0 Å². The molecule has 0 aromatic carbocycles. The largest absolute Gasteiger partial charge is 0.455 e. The van der Waals surface area contributed by atoms with Crippen molar-refractivity contribution >= 4 is 11.9 Å². The van der Waals surface area contributed by atoms with Crippen LogP contribution in [-0.2, 0) is 19.1 Å². The highest BCUT2D eigenvalue weighted by Gasteiger charge is 2.57. The summed E-state index contributed by atoms with van der Waals surface area (Å²) in [6.07, 6.45) is 10.8. The third kappa shape index (κ3) is 6.38. The van der Waals surface area contributed by atoms with E-state index in [0.717, 1.165) is 51.4 Å². The van der Waals surface area contributed by atoms with E-state index >= 15 is 0 Å². The van der Waals surface area contributed by atoms with Crippen LogP contribution in [0, 0.1) is 33.5 Å². The van der Waals surface area contributed by atoms with Gasteiger partial charge in [0, 0.05) is 34.8 Å². The summed E-state index contributed by atoms with van der Waals surface area (Å²) in [6.45, 7) is 26.5. The van der Waals surface area contributed by atoms with Crippen LogP contribution in [0.15, 0.2) is 12.2 Å². The molecule has 0 radical (unpaired) electrons. The Hall–Kier alpha value is -1.32. The van der Waals surface area contributed by atoms with Crippen LogP contribution in [0.1, 0.15) is 134 Å². The zero-order chi connectivity index (χ0) is 27.8. The van der Waals surface area contributed by atoms with E-state index in [0.29, 0.717) is 0 Å². The Kier molecular flexibility index (Phi) is 8.97. The van der Waals surface area contributed by atoms with Gasteiger partial charge in [0.25, 0.3) is 0 Å². The first kappa shape index (κ1) is 30.9. The summed E-state index contributed by atoms with van der Waals surface area (Å²) >= 11 is 0. The number of hydrogen-bond acceptors (Lipinski definition) is 4. The smallest absolute Gasteiger partial charge is 0.331 e. The van der Waals surface area contributed by atoms with E-state index in [1.54, 1.807) is 0 Å². The summed E-state index contributed by atoms with van der Waals surface area (Å²) < 4.78 is 12.7. The third-order valence-corrected chi connectivity index (χ3v) is 9.26. The second-order valence-corrected chi connectivity index (χ2v) is 15.8. The first-order valence-electron chi connectivity index (χ1n) is 14.3. The summed E-state index contributed by atoms with van der Waals surface area (Å²) in [7, 11) is 0. The van der Waals surface area contributed by atoms with E-state index in [9.17, 15) is 9.59 Å². The highest BCUT2D eigenvalue weighted by Crippen LogP contribution is 2.55. The van der Waals surface area contributed by atoms with Crippen molar-refractivity contribution in [1.82, 2.24) is 0 Å². The number of ether oxygens (including phenoxy) is 2. The van der Waals surface area contributed by atoms with E-state index in [4.69, 9.17) is 9.47 Å². The predicted molar refractivity (Wildman–Crippen MR) is 149 cm³/mol. The molecule has 2 aliphatic carbocycles. The van der Waals surface area contributed by atoms with E-state index in [2.05, 4.69) is 83.1 Å². The average Bonchev–Trinajstić information content (AvgIpc) is 2.70. The van der Waals surface area contributed by atoms with Gasteiger partial charge in [-0.15, -0.1) is 0 Å². The lowest BCUT2D eigenvalue weighted by atomic mass is 9.55. The Morgan fingerprint density at radius 2 is 0.889 bits per heavy atom. The van der Waals surface area contributed by atoms with Crippen LogP contribution < -0.4 is 0 Å². The Balaban J connectivity index is 2.29. The molecule has 0 amide bonds. The first-order valence-corrected chi connectivity index (χ1v) is 14.3.